The Balaban J connectivity index is 0.00000220. The zero-order valence-corrected chi connectivity index (χ0v) is 13.8. The van der Waals surface area contributed by atoms with E-state index >= 15 is 0 Å². The fourth-order valence-electron chi connectivity index (χ4n) is 2.54. The second-order valence-corrected chi connectivity index (χ2v) is 6.15. The third-order valence-corrected chi connectivity index (χ3v) is 4.41. The van der Waals surface area contributed by atoms with Crippen LogP contribution in [0.5, 0.6) is 0 Å². The number of amides is 1. The maximum absolute atomic E-state index is 12.6. The number of nitrogens with two attached hydrogens (primary N) is 1. The van der Waals surface area contributed by atoms with Crippen LogP contribution in [0.2, 0.25) is 0 Å². The van der Waals surface area contributed by atoms with Gasteiger partial charge in [0.25, 0.3) is 0 Å². The Morgan fingerprint density at radius 1 is 1.29 bits per heavy atom. The van der Waals surface area contributed by atoms with Crippen LogP contribution in [-0.4, -0.2) is 23.4 Å². The van der Waals surface area contributed by atoms with E-state index in [1.165, 1.54) is 24.8 Å². The second-order valence-electron chi connectivity index (χ2n) is 6.15. The first-order valence-electron chi connectivity index (χ1n) is 7.66. The molecule has 1 aliphatic carbocycles. The molecule has 0 spiro atoms. The number of rotatable bonds is 6. The summed E-state index contributed by atoms with van der Waals surface area (Å²) in [6.07, 6.45) is 3.82. The van der Waals surface area contributed by atoms with Gasteiger partial charge < -0.3 is 10.6 Å². The lowest BCUT2D eigenvalue weighted by molar-refractivity contribution is -0.137. The van der Waals surface area contributed by atoms with E-state index in [0.29, 0.717) is 12.5 Å². The van der Waals surface area contributed by atoms with Crippen LogP contribution in [0.15, 0.2) is 30.3 Å². The molecule has 3 nitrogen and oxygen atoms in total. The molecular formula is C17H27ClN2O. The van der Waals surface area contributed by atoms with E-state index in [4.69, 9.17) is 5.73 Å². The van der Waals surface area contributed by atoms with E-state index in [1.807, 2.05) is 36.9 Å². The molecule has 0 aliphatic heterocycles. The first kappa shape index (κ1) is 18.0. The second kappa shape index (κ2) is 8.40. The Morgan fingerprint density at radius 3 is 2.38 bits per heavy atom. The minimum absolute atomic E-state index is 0. The Hall–Kier alpha value is -1.06. The summed E-state index contributed by atoms with van der Waals surface area (Å²) in [7, 11) is 0. The average molecular weight is 311 g/mol. The van der Waals surface area contributed by atoms with Gasteiger partial charge in [-0.25, -0.2) is 0 Å². The highest BCUT2D eigenvalue weighted by Crippen LogP contribution is 2.28. The van der Waals surface area contributed by atoms with Crippen molar-refractivity contribution in [1.29, 1.82) is 0 Å². The van der Waals surface area contributed by atoms with E-state index < -0.39 is 0 Å². The van der Waals surface area contributed by atoms with E-state index in [9.17, 15) is 4.79 Å². The SMILES string of the molecule is CC(N)C(C)C(=O)N(Cc1ccccc1)CC1CCC1.Cl. The number of benzene rings is 1. The summed E-state index contributed by atoms with van der Waals surface area (Å²) in [5.74, 6) is 0.762. The zero-order chi connectivity index (χ0) is 14.5. The van der Waals surface area contributed by atoms with Crippen molar-refractivity contribution in [3.63, 3.8) is 0 Å². The van der Waals surface area contributed by atoms with Crippen LogP contribution in [0, 0.1) is 11.8 Å². The molecule has 2 N–H and O–H groups in total. The number of carbonyl (C=O) groups excluding carboxylic acids is 1. The lowest BCUT2D eigenvalue weighted by Gasteiger charge is -2.34. The van der Waals surface area contributed by atoms with Gasteiger partial charge in [-0.05, 0) is 31.2 Å². The summed E-state index contributed by atoms with van der Waals surface area (Å²) in [6, 6.07) is 10.1. The van der Waals surface area contributed by atoms with Gasteiger partial charge in [0.05, 0.1) is 5.92 Å². The fraction of sp³-hybridized carbons (Fsp3) is 0.588. The summed E-state index contributed by atoms with van der Waals surface area (Å²) in [5, 5.41) is 0. The van der Waals surface area contributed by atoms with Gasteiger partial charge in [0, 0.05) is 19.1 Å². The minimum Gasteiger partial charge on any atom is -0.338 e. The third kappa shape index (κ3) is 5.01. The molecule has 4 heteroatoms. The third-order valence-electron chi connectivity index (χ3n) is 4.41. The highest BCUT2D eigenvalue weighted by atomic mass is 35.5. The number of hydrogen-bond donors (Lipinski definition) is 1. The van der Waals surface area contributed by atoms with Crippen LogP contribution in [0.4, 0.5) is 0 Å². The molecule has 21 heavy (non-hydrogen) atoms. The molecule has 0 heterocycles. The number of hydrogen-bond acceptors (Lipinski definition) is 2. The normalized spacial score (nSPS) is 17.3. The van der Waals surface area contributed by atoms with Crippen molar-refractivity contribution in [1.82, 2.24) is 4.90 Å². The minimum atomic E-state index is -0.112. The van der Waals surface area contributed by atoms with Gasteiger partial charge in [-0.1, -0.05) is 43.7 Å². The highest BCUT2D eigenvalue weighted by molar-refractivity contribution is 5.85. The molecule has 1 aliphatic rings. The fourth-order valence-corrected chi connectivity index (χ4v) is 2.54. The standard InChI is InChI=1S/C17H26N2O.ClH/c1-13(14(2)18)17(20)19(12-16-9-6-10-16)11-15-7-4-3-5-8-15;/h3-5,7-8,13-14,16H,6,9-12,18H2,1-2H3;1H. The molecule has 0 aromatic heterocycles. The van der Waals surface area contributed by atoms with Gasteiger partial charge in [0.1, 0.15) is 0 Å². The topological polar surface area (TPSA) is 46.3 Å². The molecule has 2 unspecified atom stereocenters. The van der Waals surface area contributed by atoms with E-state index in [2.05, 4.69) is 12.1 Å². The number of carbonyl (C=O) groups is 1. The molecular weight excluding hydrogens is 284 g/mol. The molecule has 0 saturated heterocycles. The molecule has 2 atom stereocenters. The summed E-state index contributed by atoms with van der Waals surface area (Å²) < 4.78 is 0. The summed E-state index contributed by atoms with van der Waals surface area (Å²) in [6.45, 7) is 5.43. The molecule has 1 aromatic rings. The maximum atomic E-state index is 12.6. The molecule has 1 saturated carbocycles. The van der Waals surface area contributed by atoms with Crippen LogP contribution in [-0.2, 0) is 11.3 Å². The summed E-state index contributed by atoms with van der Waals surface area (Å²) >= 11 is 0. The largest absolute Gasteiger partial charge is 0.338 e. The molecule has 1 amide bonds. The van der Waals surface area contributed by atoms with Crippen molar-refractivity contribution in [3.8, 4) is 0 Å². The van der Waals surface area contributed by atoms with Crippen LogP contribution < -0.4 is 5.73 Å². The van der Waals surface area contributed by atoms with Crippen molar-refractivity contribution in [2.24, 2.45) is 17.6 Å². The smallest absolute Gasteiger partial charge is 0.227 e. The highest BCUT2D eigenvalue weighted by Gasteiger charge is 2.27. The van der Waals surface area contributed by atoms with Crippen molar-refractivity contribution >= 4 is 18.3 Å². The Bertz CT molecular complexity index is 432. The average Bonchev–Trinajstić information content (AvgIpc) is 2.40. The van der Waals surface area contributed by atoms with Gasteiger partial charge in [-0.3, -0.25) is 4.79 Å². The van der Waals surface area contributed by atoms with Crippen molar-refractivity contribution in [2.75, 3.05) is 6.54 Å². The summed E-state index contributed by atoms with van der Waals surface area (Å²) in [4.78, 5) is 14.6. The predicted octanol–water partition coefficient (Wildman–Crippen LogP) is 3.22. The Labute approximate surface area is 134 Å². The van der Waals surface area contributed by atoms with Crippen molar-refractivity contribution in [2.45, 2.75) is 45.7 Å². The van der Waals surface area contributed by atoms with Crippen LogP contribution >= 0.6 is 12.4 Å². The number of nitrogens with zero attached hydrogens (tertiary/aromatic N) is 1. The molecule has 118 valence electrons. The monoisotopic (exact) mass is 310 g/mol. The summed E-state index contributed by atoms with van der Waals surface area (Å²) in [5.41, 5.74) is 7.09. The molecule has 1 aromatic carbocycles. The van der Waals surface area contributed by atoms with Gasteiger partial charge in [0.15, 0.2) is 0 Å². The van der Waals surface area contributed by atoms with Gasteiger partial charge in [0.2, 0.25) is 5.91 Å². The van der Waals surface area contributed by atoms with Gasteiger partial charge >= 0.3 is 0 Å². The van der Waals surface area contributed by atoms with Crippen molar-refractivity contribution in [3.05, 3.63) is 35.9 Å². The lowest BCUT2D eigenvalue weighted by Crippen LogP contribution is -2.44. The number of halogens is 1. The molecule has 0 bridgehead atoms. The predicted molar refractivity (Wildman–Crippen MR) is 89.3 cm³/mol. The molecule has 1 fully saturated rings. The van der Waals surface area contributed by atoms with Gasteiger partial charge in [-0.15, -0.1) is 12.4 Å². The van der Waals surface area contributed by atoms with E-state index in [-0.39, 0.29) is 30.3 Å². The van der Waals surface area contributed by atoms with Crippen molar-refractivity contribution < 1.29 is 4.79 Å². The van der Waals surface area contributed by atoms with Crippen LogP contribution in [0.1, 0.15) is 38.7 Å². The zero-order valence-electron chi connectivity index (χ0n) is 13.0. The molecule has 0 radical (unpaired) electrons. The van der Waals surface area contributed by atoms with E-state index in [1.54, 1.807) is 0 Å². The Morgan fingerprint density at radius 2 is 1.90 bits per heavy atom. The maximum Gasteiger partial charge on any atom is 0.227 e. The van der Waals surface area contributed by atoms with Crippen LogP contribution in [0.25, 0.3) is 0 Å². The quantitative estimate of drug-likeness (QED) is 0.877. The van der Waals surface area contributed by atoms with Crippen LogP contribution in [0.3, 0.4) is 0 Å². The van der Waals surface area contributed by atoms with E-state index in [0.717, 1.165) is 6.54 Å². The first-order chi connectivity index (χ1) is 9.58. The lowest BCUT2D eigenvalue weighted by atomic mass is 9.84. The Kier molecular flexibility index (Phi) is 7.20. The molecule has 2 rings (SSSR count). The van der Waals surface area contributed by atoms with Gasteiger partial charge in [-0.2, -0.15) is 0 Å². The first-order valence-corrected chi connectivity index (χ1v) is 7.66.